The van der Waals surface area contributed by atoms with Gasteiger partial charge in [0.05, 0.1) is 6.54 Å². The van der Waals surface area contributed by atoms with Crippen LogP contribution in [-0.4, -0.2) is 44.2 Å². The summed E-state index contributed by atoms with van der Waals surface area (Å²) >= 11 is 0. The minimum absolute atomic E-state index is 0.205. The molecule has 0 aromatic carbocycles. The van der Waals surface area contributed by atoms with Crippen molar-refractivity contribution in [3.63, 3.8) is 0 Å². The summed E-state index contributed by atoms with van der Waals surface area (Å²) in [6.45, 7) is 0.436. The van der Waals surface area contributed by atoms with Crippen molar-refractivity contribution < 1.29 is 22.8 Å². The van der Waals surface area contributed by atoms with E-state index in [4.69, 9.17) is 0 Å². The van der Waals surface area contributed by atoms with Crippen molar-refractivity contribution in [2.75, 3.05) is 26.2 Å². The predicted molar refractivity (Wildman–Crippen MR) is 50.6 cm³/mol. The highest BCUT2D eigenvalue weighted by Crippen LogP contribution is 2.11. The van der Waals surface area contributed by atoms with Crippen molar-refractivity contribution >= 4 is 11.8 Å². The molecule has 94 valence electrons. The zero-order valence-electron chi connectivity index (χ0n) is 8.78. The Hall–Kier alpha value is -1.31. The fourth-order valence-electron chi connectivity index (χ4n) is 0.790. The second-order valence-electron chi connectivity index (χ2n) is 3.05. The summed E-state index contributed by atoms with van der Waals surface area (Å²) in [5, 5.41) is 6.75. The van der Waals surface area contributed by atoms with E-state index in [1.165, 1.54) is 6.92 Å². The lowest BCUT2D eigenvalue weighted by molar-refractivity contribution is -0.137. The molecule has 16 heavy (non-hydrogen) atoms. The maximum atomic E-state index is 11.7. The molecule has 0 atom stereocenters. The Labute approximate surface area is 90.8 Å². The van der Waals surface area contributed by atoms with Gasteiger partial charge < -0.3 is 16.0 Å². The van der Waals surface area contributed by atoms with Crippen molar-refractivity contribution in [3.8, 4) is 0 Å². The third-order valence-electron chi connectivity index (χ3n) is 1.45. The number of hydrogen-bond donors (Lipinski definition) is 3. The molecule has 0 saturated heterocycles. The quantitative estimate of drug-likeness (QED) is 0.543. The van der Waals surface area contributed by atoms with Crippen LogP contribution in [0, 0.1) is 0 Å². The van der Waals surface area contributed by atoms with Crippen molar-refractivity contribution in [1.29, 1.82) is 0 Å². The zero-order chi connectivity index (χ0) is 12.6. The van der Waals surface area contributed by atoms with Crippen molar-refractivity contribution in [1.82, 2.24) is 16.0 Å². The first-order valence-electron chi connectivity index (χ1n) is 4.60. The van der Waals surface area contributed by atoms with Gasteiger partial charge in [0, 0.05) is 20.0 Å². The monoisotopic (exact) mass is 241 g/mol. The maximum Gasteiger partial charge on any atom is 0.405 e. The van der Waals surface area contributed by atoms with Crippen LogP contribution >= 0.6 is 0 Å². The van der Waals surface area contributed by atoms with Gasteiger partial charge in [-0.2, -0.15) is 13.2 Å². The number of hydrogen-bond acceptors (Lipinski definition) is 3. The molecule has 0 aliphatic rings. The van der Waals surface area contributed by atoms with Crippen LogP contribution in [0.2, 0.25) is 0 Å². The molecule has 0 heterocycles. The van der Waals surface area contributed by atoms with Gasteiger partial charge in [0.1, 0.15) is 6.54 Å². The Morgan fingerprint density at radius 1 is 1.12 bits per heavy atom. The predicted octanol–water partition coefficient (Wildman–Crippen LogP) is -0.609. The number of rotatable bonds is 6. The standard InChI is InChI=1S/C8H14F3N3O2/c1-6(15)13-3-2-12-4-7(16)14-5-8(9,10)11/h12H,2-5H2,1H3,(H,13,15)(H,14,16). The highest BCUT2D eigenvalue weighted by Gasteiger charge is 2.27. The van der Waals surface area contributed by atoms with E-state index in [0.29, 0.717) is 13.1 Å². The molecule has 8 heteroatoms. The Kier molecular flexibility index (Phi) is 6.47. The molecule has 3 N–H and O–H groups in total. The summed E-state index contributed by atoms with van der Waals surface area (Å²) in [6, 6.07) is 0. The number of amides is 2. The first kappa shape index (κ1) is 14.7. The third kappa shape index (κ3) is 10.8. The van der Waals surface area contributed by atoms with Gasteiger partial charge in [0.25, 0.3) is 0 Å². The van der Waals surface area contributed by atoms with E-state index in [-0.39, 0.29) is 12.5 Å². The van der Waals surface area contributed by atoms with Gasteiger partial charge >= 0.3 is 6.18 Å². The molecular weight excluding hydrogens is 227 g/mol. The Morgan fingerprint density at radius 2 is 1.75 bits per heavy atom. The number of halogens is 3. The fraction of sp³-hybridized carbons (Fsp3) is 0.750. The molecule has 0 spiro atoms. The van der Waals surface area contributed by atoms with E-state index in [9.17, 15) is 22.8 Å². The van der Waals surface area contributed by atoms with Gasteiger partial charge in [-0.05, 0) is 0 Å². The molecule has 0 saturated carbocycles. The minimum Gasteiger partial charge on any atom is -0.355 e. The molecule has 0 unspecified atom stereocenters. The molecule has 0 aromatic rings. The van der Waals surface area contributed by atoms with Gasteiger partial charge in [-0.15, -0.1) is 0 Å². The van der Waals surface area contributed by atoms with E-state index < -0.39 is 18.6 Å². The number of carbonyl (C=O) groups is 2. The van der Waals surface area contributed by atoms with Crippen LogP contribution in [0.4, 0.5) is 13.2 Å². The van der Waals surface area contributed by atoms with Gasteiger partial charge in [0.2, 0.25) is 11.8 Å². The van der Waals surface area contributed by atoms with E-state index in [1.54, 1.807) is 5.32 Å². The molecular formula is C8H14F3N3O2. The molecule has 0 aliphatic heterocycles. The molecule has 0 rings (SSSR count). The lowest BCUT2D eigenvalue weighted by Gasteiger charge is -2.09. The maximum absolute atomic E-state index is 11.7. The number of alkyl halides is 3. The minimum atomic E-state index is -4.40. The molecule has 5 nitrogen and oxygen atoms in total. The average molecular weight is 241 g/mol. The summed E-state index contributed by atoms with van der Waals surface area (Å²) in [5.74, 6) is -0.941. The smallest absolute Gasteiger partial charge is 0.355 e. The molecule has 0 fully saturated rings. The first-order valence-corrected chi connectivity index (χ1v) is 4.60. The molecule has 0 radical (unpaired) electrons. The summed E-state index contributed by atoms with van der Waals surface area (Å²) < 4.78 is 35.0. The molecule has 0 aliphatic carbocycles. The molecule has 2 amide bonds. The molecule has 0 bridgehead atoms. The summed E-state index contributed by atoms with van der Waals surface area (Å²) in [4.78, 5) is 21.2. The van der Waals surface area contributed by atoms with E-state index in [2.05, 4.69) is 10.6 Å². The SMILES string of the molecule is CC(=O)NCCNCC(=O)NCC(F)(F)F. The molecule has 0 aromatic heterocycles. The highest BCUT2D eigenvalue weighted by atomic mass is 19.4. The van der Waals surface area contributed by atoms with Crippen LogP contribution in [0.25, 0.3) is 0 Å². The van der Waals surface area contributed by atoms with Crippen LogP contribution in [0.1, 0.15) is 6.92 Å². The highest BCUT2D eigenvalue weighted by molar-refractivity contribution is 5.78. The number of carbonyl (C=O) groups excluding carboxylic acids is 2. The van der Waals surface area contributed by atoms with E-state index in [1.807, 2.05) is 0 Å². The third-order valence-corrected chi connectivity index (χ3v) is 1.45. The summed E-state index contributed by atoms with van der Waals surface area (Å²) in [6.07, 6.45) is -4.40. The first-order chi connectivity index (χ1) is 7.31. The van der Waals surface area contributed by atoms with E-state index >= 15 is 0 Å². The summed E-state index contributed by atoms with van der Waals surface area (Å²) in [5.41, 5.74) is 0. The second kappa shape index (κ2) is 7.04. The van der Waals surface area contributed by atoms with E-state index in [0.717, 1.165) is 0 Å². The van der Waals surface area contributed by atoms with Gasteiger partial charge in [-0.25, -0.2) is 0 Å². The lowest BCUT2D eigenvalue weighted by Crippen LogP contribution is -2.41. The summed E-state index contributed by atoms with van der Waals surface area (Å²) in [7, 11) is 0. The normalized spacial score (nSPS) is 11.0. The fourth-order valence-corrected chi connectivity index (χ4v) is 0.790. The number of nitrogens with one attached hydrogen (secondary N) is 3. The largest absolute Gasteiger partial charge is 0.405 e. The van der Waals surface area contributed by atoms with Crippen molar-refractivity contribution in [2.45, 2.75) is 13.1 Å². The van der Waals surface area contributed by atoms with Crippen LogP contribution < -0.4 is 16.0 Å². The van der Waals surface area contributed by atoms with Crippen LogP contribution in [0.3, 0.4) is 0 Å². The zero-order valence-corrected chi connectivity index (χ0v) is 8.78. The topological polar surface area (TPSA) is 70.2 Å². The van der Waals surface area contributed by atoms with Crippen LogP contribution in [0.15, 0.2) is 0 Å². The van der Waals surface area contributed by atoms with Crippen LogP contribution in [-0.2, 0) is 9.59 Å². The van der Waals surface area contributed by atoms with Crippen molar-refractivity contribution in [2.24, 2.45) is 0 Å². The Balaban J connectivity index is 3.41. The van der Waals surface area contributed by atoms with Crippen molar-refractivity contribution in [3.05, 3.63) is 0 Å². The van der Waals surface area contributed by atoms with Crippen LogP contribution in [0.5, 0.6) is 0 Å². The Morgan fingerprint density at radius 3 is 2.25 bits per heavy atom. The average Bonchev–Trinajstić information content (AvgIpc) is 2.12. The lowest BCUT2D eigenvalue weighted by atomic mass is 10.5. The van der Waals surface area contributed by atoms with Gasteiger partial charge in [-0.1, -0.05) is 0 Å². The van der Waals surface area contributed by atoms with Gasteiger partial charge in [0.15, 0.2) is 0 Å². The van der Waals surface area contributed by atoms with Gasteiger partial charge in [-0.3, -0.25) is 9.59 Å². The Bertz CT molecular complexity index is 243. The second-order valence-corrected chi connectivity index (χ2v) is 3.05.